The van der Waals surface area contributed by atoms with Crippen molar-refractivity contribution in [2.24, 2.45) is 0 Å². The van der Waals surface area contributed by atoms with E-state index in [1.807, 2.05) is 23.1 Å². The largest absolute Gasteiger partial charge is 0.471 e. The molecule has 0 spiro atoms. The van der Waals surface area contributed by atoms with Crippen molar-refractivity contribution in [2.45, 2.75) is 12.6 Å². The zero-order valence-electron chi connectivity index (χ0n) is 17.1. The molecular formula is C21H17F3N6O3. The summed E-state index contributed by atoms with van der Waals surface area (Å²) in [5, 5.41) is 8.21. The Morgan fingerprint density at radius 1 is 1.00 bits per heavy atom. The number of piperazine rings is 1. The molecule has 9 nitrogen and oxygen atoms in total. The lowest BCUT2D eigenvalue weighted by Gasteiger charge is -2.35. The van der Waals surface area contributed by atoms with E-state index in [2.05, 4.69) is 24.8 Å². The van der Waals surface area contributed by atoms with Gasteiger partial charge in [-0.25, -0.2) is 4.98 Å². The predicted molar refractivity (Wildman–Crippen MR) is 109 cm³/mol. The van der Waals surface area contributed by atoms with Gasteiger partial charge >= 0.3 is 12.1 Å². The van der Waals surface area contributed by atoms with E-state index < -0.39 is 12.1 Å². The highest BCUT2D eigenvalue weighted by Crippen LogP contribution is 2.29. The smallest absolute Gasteiger partial charge is 0.356 e. The second-order valence-electron chi connectivity index (χ2n) is 7.50. The fourth-order valence-corrected chi connectivity index (χ4v) is 3.67. The van der Waals surface area contributed by atoms with Crippen LogP contribution in [0.2, 0.25) is 0 Å². The van der Waals surface area contributed by atoms with Crippen LogP contribution in [0.25, 0.3) is 22.4 Å². The molecule has 1 aliphatic heterocycles. The lowest BCUT2D eigenvalue weighted by molar-refractivity contribution is -0.159. The average Bonchev–Trinajstić information content (AvgIpc) is 3.48. The molecule has 12 heteroatoms. The molecule has 33 heavy (non-hydrogen) atoms. The van der Waals surface area contributed by atoms with Crippen molar-refractivity contribution in [3.63, 3.8) is 0 Å². The minimum absolute atomic E-state index is 0.0328. The van der Waals surface area contributed by atoms with Crippen molar-refractivity contribution in [3.8, 4) is 11.4 Å². The number of anilines is 1. The number of hydrogen-bond acceptors (Lipinski definition) is 8. The molecule has 0 unspecified atom stereocenters. The second kappa shape index (κ2) is 8.19. The minimum Gasteiger partial charge on any atom is -0.356 e. The van der Waals surface area contributed by atoms with E-state index in [1.54, 1.807) is 23.1 Å². The summed E-state index contributed by atoms with van der Waals surface area (Å²) >= 11 is 0. The average molecular weight is 458 g/mol. The second-order valence-corrected chi connectivity index (χ2v) is 7.50. The number of halogens is 3. The molecule has 4 aromatic rings. The SMILES string of the molecule is O=C(Cc1noc2ccccc12)N1CCN(c2ccc(-c3noc(C(F)(F)F)n3)cn2)CC1. The summed E-state index contributed by atoms with van der Waals surface area (Å²) in [5.41, 5.74) is 1.58. The highest BCUT2D eigenvalue weighted by molar-refractivity contribution is 5.86. The summed E-state index contributed by atoms with van der Waals surface area (Å²) in [5.74, 6) is -0.972. The van der Waals surface area contributed by atoms with E-state index in [9.17, 15) is 18.0 Å². The van der Waals surface area contributed by atoms with Crippen molar-refractivity contribution in [3.05, 3.63) is 54.2 Å². The van der Waals surface area contributed by atoms with Crippen LogP contribution in [-0.2, 0) is 17.4 Å². The van der Waals surface area contributed by atoms with Gasteiger partial charge in [-0.1, -0.05) is 22.4 Å². The molecular weight excluding hydrogens is 441 g/mol. The van der Waals surface area contributed by atoms with Gasteiger partial charge in [0.2, 0.25) is 11.7 Å². The fraction of sp³-hybridized carbons (Fsp3) is 0.286. The lowest BCUT2D eigenvalue weighted by atomic mass is 10.1. The third-order valence-corrected chi connectivity index (χ3v) is 5.40. The van der Waals surface area contributed by atoms with Gasteiger partial charge in [0.05, 0.1) is 6.42 Å². The van der Waals surface area contributed by atoms with Crippen molar-refractivity contribution in [2.75, 3.05) is 31.1 Å². The van der Waals surface area contributed by atoms with Crippen LogP contribution in [0.1, 0.15) is 11.6 Å². The monoisotopic (exact) mass is 458 g/mol. The van der Waals surface area contributed by atoms with E-state index in [0.29, 0.717) is 48.8 Å². The van der Waals surface area contributed by atoms with E-state index in [0.717, 1.165) is 5.39 Å². The fourth-order valence-electron chi connectivity index (χ4n) is 3.67. The van der Waals surface area contributed by atoms with Gasteiger partial charge in [-0.3, -0.25) is 4.79 Å². The molecule has 0 aliphatic carbocycles. The van der Waals surface area contributed by atoms with Gasteiger partial charge in [0, 0.05) is 43.3 Å². The van der Waals surface area contributed by atoms with Gasteiger partial charge in [0.1, 0.15) is 11.5 Å². The first-order valence-corrected chi connectivity index (χ1v) is 10.1. The first kappa shape index (κ1) is 20.9. The lowest BCUT2D eigenvalue weighted by Crippen LogP contribution is -2.49. The van der Waals surface area contributed by atoms with E-state index in [1.165, 1.54) is 6.20 Å². The molecule has 1 fully saturated rings. The highest BCUT2D eigenvalue weighted by atomic mass is 19.4. The Morgan fingerprint density at radius 3 is 2.48 bits per heavy atom. The van der Waals surface area contributed by atoms with Crippen molar-refractivity contribution in [1.82, 2.24) is 25.2 Å². The van der Waals surface area contributed by atoms with Crippen LogP contribution in [0.5, 0.6) is 0 Å². The Morgan fingerprint density at radius 2 is 1.79 bits per heavy atom. The molecule has 0 bridgehead atoms. The summed E-state index contributed by atoms with van der Waals surface area (Å²) in [7, 11) is 0. The maximum absolute atomic E-state index is 12.7. The van der Waals surface area contributed by atoms with Crippen molar-refractivity contribution < 1.29 is 27.0 Å². The molecule has 4 heterocycles. The first-order valence-electron chi connectivity index (χ1n) is 10.1. The summed E-state index contributed by atoms with van der Waals surface area (Å²) in [6.07, 6.45) is -3.14. The van der Waals surface area contributed by atoms with Gasteiger partial charge in [0.15, 0.2) is 5.58 Å². The topological polar surface area (TPSA) is 101 Å². The standard InChI is InChI=1S/C21H17F3N6O3/c22-21(23,24)20-26-19(28-33-20)13-5-6-17(25-12-13)29-7-9-30(10-8-29)18(31)11-15-14-3-1-2-4-16(14)32-27-15/h1-6,12H,7-11H2. The number of fused-ring (bicyclic) bond motifs is 1. The molecule has 0 atom stereocenters. The number of alkyl halides is 3. The van der Waals surface area contributed by atoms with Crippen LogP contribution in [0.15, 0.2) is 51.6 Å². The van der Waals surface area contributed by atoms with Crippen LogP contribution < -0.4 is 4.90 Å². The first-order chi connectivity index (χ1) is 15.9. The molecule has 0 saturated carbocycles. The number of hydrogen-bond donors (Lipinski definition) is 0. The van der Waals surface area contributed by atoms with Gasteiger partial charge < -0.3 is 18.8 Å². The maximum atomic E-state index is 12.7. The van der Waals surface area contributed by atoms with Gasteiger partial charge in [-0.2, -0.15) is 18.2 Å². The molecule has 0 N–H and O–H groups in total. The molecule has 3 aromatic heterocycles. The van der Waals surface area contributed by atoms with Crippen LogP contribution in [0, 0.1) is 0 Å². The van der Waals surface area contributed by atoms with Gasteiger partial charge in [-0.15, -0.1) is 0 Å². The number of amides is 1. The zero-order valence-corrected chi connectivity index (χ0v) is 17.1. The quantitative estimate of drug-likeness (QED) is 0.460. The van der Waals surface area contributed by atoms with Crippen molar-refractivity contribution >= 4 is 22.7 Å². The molecule has 1 aromatic carbocycles. The van der Waals surface area contributed by atoms with Gasteiger partial charge in [-0.05, 0) is 24.3 Å². The predicted octanol–water partition coefficient (Wildman–Crippen LogP) is 3.18. The van der Waals surface area contributed by atoms with Crippen LogP contribution in [0.4, 0.5) is 19.0 Å². The van der Waals surface area contributed by atoms with Crippen LogP contribution in [-0.4, -0.2) is 57.3 Å². The van der Waals surface area contributed by atoms with E-state index in [4.69, 9.17) is 4.52 Å². The molecule has 1 saturated heterocycles. The summed E-state index contributed by atoms with van der Waals surface area (Å²) in [6, 6.07) is 10.7. The van der Waals surface area contributed by atoms with Crippen LogP contribution >= 0.6 is 0 Å². The zero-order chi connectivity index (χ0) is 23.0. The third kappa shape index (κ3) is 4.23. The summed E-state index contributed by atoms with van der Waals surface area (Å²) in [6.45, 7) is 2.16. The number of para-hydroxylation sites is 1. The Kier molecular flexibility index (Phi) is 5.19. The Hall–Kier alpha value is -3.96. The number of rotatable bonds is 4. The number of aromatic nitrogens is 4. The number of nitrogens with zero attached hydrogens (tertiary/aromatic N) is 6. The normalized spacial score (nSPS) is 14.8. The molecule has 1 amide bonds. The number of carbonyl (C=O) groups is 1. The molecule has 0 radical (unpaired) electrons. The van der Waals surface area contributed by atoms with Crippen molar-refractivity contribution in [1.29, 1.82) is 0 Å². The number of pyridine rings is 1. The summed E-state index contributed by atoms with van der Waals surface area (Å²) < 4.78 is 47.4. The van der Waals surface area contributed by atoms with E-state index in [-0.39, 0.29) is 18.2 Å². The third-order valence-electron chi connectivity index (χ3n) is 5.40. The van der Waals surface area contributed by atoms with Gasteiger partial charge in [0.25, 0.3) is 0 Å². The Balaban J connectivity index is 1.19. The minimum atomic E-state index is -4.70. The Labute approximate surface area is 184 Å². The maximum Gasteiger partial charge on any atom is 0.471 e. The molecule has 5 rings (SSSR count). The van der Waals surface area contributed by atoms with E-state index >= 15 is 0 Å². The number of carbonyl (C=O) groups excluding carboxylic acids is 1. The van der Waals surface area contributed by atoms with Crippen LogP contribution in [0.3, 0.4) is 0 Å². The molecule has 170 valence electrons. The highest BCUT2D eigenvalue weighted by Gasteiger charge is 2.38. The number of benzene rings is 1. The Bertz CT molecular complexity index is 1280. The molecule has 1 aliphatic rings. The summed E-state index contributed by atoms with van der Waals surface area (Å²) in [4.78, 5) is 24.2.